The molecule has 190 valence electrons. The second-order valence-corrected chi connectivity index (χ2v) is 10.4. The molecule has 1 amide bonds. The number of likely N-dealkylation sites (N-methyl/N-ethyl adjacent to an activating group) is 1. The van der Waals surface area contributed by atoms with E-state index in [9.17, 15) is 13.2 Å². The minimum atomic E-state index is -3.58. The molecule has 3 rings (SSSR count). The summed E-state index contributed by atoms with van der Waals surface area (Å²) >= 11 is 6.49. The lowest BCUT2D eigenvalue weighted by Gasteiger charge is -2.27. The van der Waals surface area contributed by atoms with Gasteiger partial charge in [0.1, 0.15) is 5.69 Å². The maximum Gasteiger partial charge on any atom is 0.407 e. The molecule has 3 heterocycles. The van der Waals surface area contributed by atoms with Crippen molar-refractivity contribution in [2.24, 2.45) is 4.99 Å². The van der Waals surface area contributed by atoms with Gasteiger partial charge in [0, 0.05) is 61.6 Å². The average Bonchev–Trinajstić information content (AvgIpc) is 3.23. The van der Waals surface area contributed by atoms with Gasteiger partial charge in [-0.1, -0.05) is 0 Å². The van der Waals surface area contributed by atoms with Crippen molar-refractivity contribution < 1.29 is 18.3 Å². The molecule has 0 spiro atoms. The van der Waals surface area contributed by atoms with Gasteiger partial charge in [0.25, 0.3) is 0 Å². The first-order valence-electron chi connectivity index (χ1n) is 10.7. The third-order valence-corrected chi connectivity index (χ3v) is 6.18. The molecule has 1 unspecified atom stereocenters. The number of sulfonamides is 1. The largest absolute Gasteiger partial charge is 0.465 e. The summed E-state index contributed by atoms with van der Waals surface area (Å²) in [6, 6.07) is 1.43. The molecule has 13 nitrogen and oxygen atoms in total. The molecule has 2 aromatic rings. The van der Waals surface area contributed by atoms with E-state index in [0.717, 1.165) is 6.26 Å². The van der Waals surface area contributed by atoms with E-state index in [1.165, 1.54) is 22.6 Å². The van der Waals surface area contributed by atoms with Gasteiger partial charge < -0.3 is 15.3 Å². The van der Waals surface area contributed by atoms with Crippen molar-refractivity contribution in [2.45, 2.75) is 39.1 Å². The predicted octanol–water partition coefficient (Wildman–Crippen LogP) is 2.05. The van der Waals surface area contributed by atoms with Crippen LogP contribution in [0.2, 0.25) is 0 Å². The highest BCUT2D eigenvalue weighted by Crippen LogP contribution is 2.33. The number of anilines is 1. The van der Waals surface area contributed by atoms with Gasteiger partial charge in [-0.05, 0) is 32.9 Å². The van der Waals surface area contributed by atoms with Crippen LogP contribution in [0.15, 0.2) is 29.5 Å². The summed E-state index contributed by atoms with van der Waals surface area (Å²) < 4.78 is 28.7. The quantitative estimate of drug-likeness (QED) is 0.416. The molecule has 0 bridgehead atoms. The molecule has 1 aliphatic heterocycles. The zero-order chi connectivity index (χ0) is 25.9. The summed E-state index contributed by atoms with van der Waals surface area (Å²) in [6.45, 7) is 6.01. The van der Waals surface area contributed by atoms with Crippen LogP contribution in [0.25, 0.3) is 17.0 Å². The van der Waals surface area contributed by atoms with Crippen molar-refractivity contribution in [1.82, 2.24) is 33.8 Å². The number of halogens is 1. The lowest BCUT2D eigenvalue weighted by molar-refractivity contribution is 0.144. The van der Waals surface area contributed by atoms with Gasteiger partial charge in [-0.15, -0.1) is 0 Å². The second-order valence-electron chi connectivity index (χ2n) is 8.28. The summed E-state index contributed by atoms with van der Waals surface area (Å²) in [7, 11) is -2.09. The minimum absolute atomic E-state index is 0.0286. The Kier molecular flexibility index (Phi) is 7.97. The van der Waals surface area contributed by atoms with Crippen LogP contribution < -0.4 is 10.0 Å². The van der Waals surface area contributed by atoms with Crippen LogP contribution in [0.1, 0.15) is 32.5 Å². The number of rotatable bonds is 9. The van der Waals surface area contributed by atoms with Crippen LogP contribution in [0.5, 0.6) is 0 Å². The number of carboxylic acid groups (broad SMARTS) is 1. The molecule has 0 saturated heterocycles. The van der Waals surface area contributed by atoms with Gasteiger partial charge in [0.15, 0.2) is 0 Å². The third-order valence-electron chi connectivity index (χ3n) is 5.18. The lowest BCUT2D eigenvalue weighted by atomic mass is 10.1. The standard InChI is InChI=1S/C20H28ClN9O4S/c1-12(2)29-11-14(15-6-8-22-18(25-15)24-10-13(3)28(4)20(31)32)17(26-29)16-7-9-23-19(30(16)21)27-35(5,33)34/h6-9,11-13,19,27H,10H2,1-5H3,(H,31,32)(H,22,24,25)/t13-,19?/m0/s1. The predicted molar refractivity (Wildman–Crippen MR) is 133 cm³/mol. The van der Waals surface area contributed by atoms with Crippen LogP contribution in [0, 0.1) is 0 Å². The SMILES string of the molecule is CC(C)n1cc(-c2ccnc(NC[C@H](C)N(C)C(=O)O)n2)c(C2=CC=NC(NS(C)(=O)=O)N2Cl)n1. The van der Waals surface area contributed by atoms with E-state index in [0.29, 0.717) is 35.1 Å². The average molecular weight is 526 g/mol. The normalized spacial score (nSPS) is 16.8. The number of hydrogen-bond donors (Lipinski definition) is 3. The number of hydrogen-bond acceptors (Lipinski definition) is 9. The summed E-state index contributed by atoms with van der Waals surface area (Å²) in [4.78, 5) is 25.2. The van der Waals surface area contributed by atoms with Crippen molar-refractivity contribution in [1.29, 1.82) is 0 Å². The third kappa shape index (κ3) is 6.46. The first kappa shape index (κ1) is 26.4. The van der Waals surface area contributed by atoms with Gasteiger partial charge >= 0.3 is 6.09 Å². The molecule has 0 fully saturated rings. The Morgan fingerprint density at radius 3 is 2.69 bits per heavy atom. The molecule has 2 aromatic heterocycles. The van der Waals surface area contributed by atoms with E-state index in [1.54, 1.807) is 29.9 Å². The molecule has 2 atom stereocenters. The maximum atomic E-state index is 11.7. The number of allylic oxidation sites excluding steroid dienone is 1. The molecule has 15 heteroatoms. The van der Waals surface area contributed by atoms with Crippen molar-refractivity contribution >= 4 is 45.8 Å². The van der Waals surface area contributed by atoms with E-state index >= 15 is 0 Å². The fraction of sp³-hybridized carbons (Fsp3) is 0.450. The van der Waals surface area contributed by atoms with E-state index in [-0.39, 0.29) is 12.1 Å². The Bertz CT molecular complexity index is 1240. The van der Waals surface area contributed by atoms with Crippen LogP contribution in [0.3, 0.4) is 0 Å². The van der Waals surface area contributed by atoms with Gasteiger partial charge in [-0.3, -0.25) is 9.67 Å². The van der Waals surface area contributed by atoms with Gasteiger partial charge in [-0.2, -0.15) is 9.82 Å². The van der Waals surface area contributed by atoms with E-state index in [2.05, 4.69) is 30.1 Å². The highest BCUT2D eigenvalue weighted by Gasteiger charge is 2.29. The summed E-state index contributed by atoms with van der Waals surface area (Å²) in [5.41, 5.74) is 2.10. The lowest BCUT2D eigenvalue weighted by Crippen LogP contribution is -2.42. The summed E-state index contributed by atoms with van der Waals surface area (Å²) in [5, 5.41) is 16.9. The Balaban J connectivity index is 1.94. The molecule has 3 N–H and O–H groups in total. The van der Waals surface area contributed by atoms with Gasteiger partial charge in [-0.25, -0.2) is 27.6 Å². The van der Waals surface area contributed by atoms with Gasteiger partial charge in [0.2, 0.25) is 22.3 Å². The van der Waals surface area contributed by atoms with E-state index < -0.39 is 22.4 Å². The number of nitrogens with zero attached hydrogens (tertiary/aromatic N) is 7. The zero-order valence-corrected chi connectivity index (χ0v) is 21.5. The van der Waals surface area contributed by atoms with Crippen molar-refractivity contribution in [3.63, 3.8) is 0 Å². The highest BCUT2D eigenvalue weighted by atomic mass is 35.5. The van der Waals surface area contributed by atoms with Crippen molar-refractivity contribution in [2.75, 3.05) is 25.2 Å². The first-order chi connectivity index (χ1) is 16.4. The minimum Gasteiger partial charge on any atom is -0.465 e. The summed E-state index contributed by atoms with van der Waals surface area (Å²) in [5.74, 6) is 0.315. The number of carbonyl (C=O) groups is 1. The smallest absolute Gasteiger partial charge is 0.407 e. The molecule has 0 radical (unpaired) electrons. The van der Waals surface area contributed by atoms with E-state index in [1.807, 2.05) is 20.0 Å². The number of nitrogens with one attached hydrogen (secondary N) is 2. The maximum absolute atomic E-state index is 11.7. The molecule has 0 saturated carbocycles. The number of aromatic nitrogens is 4. The molecule has 1 aliphatic rings. The Morgan fingerprint density at radius 2 is 2.06 bits per heavy atom. The van der Waals surface area contributed by atoms with Crippen molar-refractivity contribution in [3.05, 3.63) is 30.2 Å². The topological polar surface area (TPSA) is 158 Å². The second kappa shape index (κ2) is 10.6. The molecule has 35 heavy (non-hydrogen) atoms. The summed E-state index contributed by atoms with van der Waals surface area (Å²) in [6.07, 6.45) is 5.45. The Labute approximate surface area is 208 Å². The van der Waals surface area contributed by atoms with Crippen LogP contribution in [-0.2, 0) is 10.0 Å². The molecular formula is C20H28ClN9O4S. The zero-order valence-electron chi connectivity index (χ0n) is 19.9. The fourth-order valence-corrected chi connectivity index (χ4v) is 3.94. The number of amides is 1. The Morgan fingerprint density at radius 1 is 1.34 bits per heavy atom. The van der Waals surface area contributed by atoms with Crippen LogP contribution in [-0.4, -0.2) is 87.1 Å². The number of aliphatic imine (C=N–C) groups is 1. The fourth-order valence-electron chi connectivity index (χ4n) is 3.10. The Hall–Kier alpha value is -3.23. The van der Waals surface area contributed by atoms with Crippen LogP contribution in [0.4, 0.5) is 10.7 Å². The highest BCUT2D eigenvalue weighted by molar-refractivity contribution is 7.88. The van der Waals surface area contributed by atoms with Crippen molar-refractivity contribution in [3.8, 4) is 11.3 Å². The molecule has 0 aliphatic carbocycles. The van der Waals surface area contributed by atoms with Crippen LogP contribution >= 0.6 is 11.8 Å². The van der Waals surface area contributed by atoms with E-state index in [4.69, 9.17) is 16.9 Å². The van der Waals surface area contributed by atoms with Gasteiger partial charge in [0.05, 0.1) is 17.6 Å². The first-order valence-corrected chi connectivity index (χ1v) is 12.9. The molecule has 0 aromatic carbocycles. The molecular weight excluding hydrogens is 498 g/mol. The monoisotopic (exact) mass is 525 g/mol.